The number of hydrogen-bond acceptors (Lipinski definition) is 4. The van der Waals surface area contributed by atoms with Gasteiger partial charge in [0.05, 0.1) is 10.6 Å². The largest absolute Gasteiger partial charge is 0.284 e. The molecule has 2 aliphatic rings. The first kappa shape index (κ1) is 16.4. The van der Waals surface area contributed by atoms with Gasteiger partial charge in [0.1, 0.15) is 0 Å². The fourth-order valence-electron chi connectivity index (χ4n) is 3.38. The lowest BCUT2D eigenvalue weighted by Crippen LogP contribution is -2.30. The molecule has 0 aromatic carbocycles. The summed E-state index contributed by atoms with van der Waals surface area (Å²) >= 11 is 3.52. The van der Waals surface area contributed by atoms with E-state index in [0.717, 1.165) is 40.8 Å². The van der Waals surface area contributed by atoms with Gasteiger partial charge in [0, 0.05) is 23.5 Å². The SMILES string of the molecule is CCCCSc1nc2c(c(=O)n1C1CCCCC1)SC(C)C2. The third-order valence-corrected chi connectivity index (χ3v) is 6.83. The molecule has 1 aromatic heterocycles. The molecule has 1 aliphatic carbocycles. The highest BCUT2D eigenvalue weighted by Gasteiger charge is 2.29. The highest BCUT2D eigenvalue weighted by atomic mass is 32.2. The second kappa shape index (κ2) is 7.43. The highest BCUT2D eigenvalue weighted by Crippen LogP contribution is 2.37. The van der Waals surface area contributed by atoms with Crippen LogP contribution in [0.4, 0.5) is 0 Å². The smallest absolute Gasteiger partial charge is 0.268 e. The molecule has 5 heteroatoms. The monoisotopic (exact) mass is 338 g/mol. The minimum atomic E-state index is 0.241. The van der Waals surface area contributed by atoms with Crippen LogP contribution in [0.3, 0.4) is 0 Å². The van der Waals surface area contributed by atoms with Crippen LogP contribution >= 0.6 is 23.5 Å². The Morgan fingerprint density at radius 2 is 2.09 bits per heavy atom. The molecule has 2 heterocycles. The second-order valence-electron chi connectivity index (χ2n) is 6.47. The van der Waals surface area contributed by atoms with Gasteiger partial charge in [-0.3, -0.25) is 9.36 Å². The van der Waals surface area contributed by atoms with Crippen molar-refractivity contribution in [1.82, 2.24) is 9.55 Å². The van der Waals surface area contributed by atoms with E-state index >= 15 is 0 Å². The summed E-state index contributed by atoms with van der Waals surface area (Å²) in [6.07, 6.45) is 9.42. The predicted molar refractivity (Wildman–Crippen MR) is 95.3 cm³/mol. The van der Waals surface area contributed by atoms with Gasteiger partial charge in [0.2, 0.25) is 0 Å². The average molecular weight is 339 g/mol. The molecule has 1 saturated carbocycles. The van der Waals surface area contributed by atoms with Crippen molar-refractivity contribution in [2.45, 2.75) is 86.6 Å². The van der Waals surface area contributed by atoms with Gasteiger partial charge in [0.25, 0.3) is 5.56 Å². The molecule has 0 N–H and O–H groups in total. The Bertz CT molecular complexity index is 579. The summed E-state index contributed by atoms with van der Waals surface area (Å²) in [4.78, 5) is 18.9. The maximum absolute atomic E-state index is 13.0. The Morgan fingerprint density at radius 3 is 2.82 bits per heavy atom. The van der Waals surface area contributed by atoms with E-state index in [1.807, 2.05) is 0 Å². The number of aromatic nitrogens is 2. The number of thioether (sulfide) groups is 2. The molecule has 122 valence electrons. The zero-order valence-corrected chi connectivity index (χ0v) is 15.3. The zero-order chi connectivity index (χ0) is 15.5. The van der Waals surface area contributed by atoms with E-state index in [4.69, 9.17) is 4.98 Å². The summed E-state index contributed by atoms with van der Waals surface area (Å²) in [6.45, 7) is 4.41. The van der Waals surface area contributed by atoms with Gasteiger partial charge in [-0.25, -0.2) is 4.98 Å². The number of hydrogen-bond donors (Lipinski definition) is 0. The van der Waals surface area contributed by atoms with Crippen molar-refractivity contribution < 1.29 is 0 Å². The van der Waals surface area contributed by atoms with Gasteiger partial charge in [0.15, 0.2) is 5.16 Å². The molecule has 3 nitrogen and oxygen atoms in total. The van der Waals surface area contributed by atoms with Crippen molar-refractivity contribution in [3.05, 3.63) is 16.0 Å². The Kier molecular flexibility index (Phi) is 5.55. The van der Waals surface area contributed by atoms with Crippen molar-refractivity contribution in [3.63, 3.8) is 0 Å². The van der Waals surface area contributed by atoms with Gasteiger partial charge >= 0.3 is 0 Å². The maximum atomic E-state index is 13.0. The van der Waals surface area contributed by atoms with Crippen LogP contribution in [0.1, 0.15) is 70.5 Å². The van der Waals surface area contributed by atoms with Crippen LogP contribution in [-0.2, 0) is 6.42 Å². The van der Waals surface area contributed by atoms with Crippen LogP contribution in [0.15, 0.2) is 14.8 Å². The minimum Gasteiger partial charge on any atom is -0.284 e. The van der Waals surface area contributed by atoms with Crippen LogP contribution < -0.4 is 5.56 Å². The number of nitrogens with zero attached hydrogens (tertiary/aromatic N) is 2. The molecular formula is C17H26N2OS2. The van der Waals surface area contributed by atoms with Gasteiger partial charge in [-0.2, -0.15) is 0 Å². The lowest BCUT2D eigenvalue weighted by atomic mass is 9.95. The van der Waals surface area contributed by atoms with Gasteiger partial charge in [-0.05, 0) is 19.3 Å². The molecular weight excluding hydrogens is 312 g/mol. The molecule has 1 unspecified atom stereocenters. The quantitative estimate of drug-likeness (QED) is 0.444. The van der Waals surface area contributed by atoms with E-state index in [1.54, 1.807) is 23.5 Å². The first-order valence-electron chi connectivity index (χ1n) is 8.65. The summed E-state index contributed by atoms with van der Waals surface area (Å²) in [6, 6.07) is 0.375. The standard InChI is InChI=1S/C17H26N2OS2/c1-3-4-10-21-17-18-14-11-12(2)22-15(14)16(20)19(17)13-8-6-5-7-9-13/h12-13H,3-11H2,1-2H3. The lowest BCUT2D eigenvalue weighted by Gasteiger charge is -2.26. The summed E-state index contributed by atoms with van der Waals surface area (Å²) in [5, 5.41) is 1.48. The van der Waals surface area contributed by atoms with Crippen LogP contribution in [0.2, 0.25) is 0 Å². The normalized spacial score (nSPS) is 22.0. The summed E-state index contributed by atoms with van der Waals surface area (Å²) in [7, 11) is 0. The fourth-order valence-corrected chi connectivity index (χ4v) is 5.65. The van der Waals surface area contributed by atoms with Crippen LogP contribution in [-0.4, -0.2) is 20.6 Å². The van der Waals surface area contributed by atoms with Gasteiger partial charge in [-0.15, -0.1) is 11.8 Å². The van der Waals surface area contributed by atoms with Crippen molar-refractivity contribution >= 4 is 23.5 Å². The van der Waals surface area contributed by atoms with Crippen molar-refractivity contribution in [3.8, 4) is 0 Å². The van der Waals surface area contributed by atoms with Crippen molar-refractivity contribution in [1.29, 1.82) is 0 Å². The summed E-state index contributed by atoms with van der Waals surface area (Å²) in [5.41, 5.74) is 1.29. The van der Waals surface area contributed by atoms with E-state index in [-0.39, 0.29) is 5.56 Å². The molecule has 0 bridgehead atoms. The van der Waals surface area contributed by atoms with E-state index in [2.05, 4.69) is 18.4 Å². The summed E-state index contributed by atoms with van der Waals surface area (Å²) < 4.78 is 2.06. The Balaban J connectivity index is 1.96. The topological polar surface area (TPSA) is 34.9 Å². The maximum Gasteiger partial charge on any atom is 0.268 e. The van der Waals surface area contributed by atoms with E-state index in [0.29, 0.717) is 11.3 Å². The first-order valence-corrected chi connectivity index (χ1v) is 10.5. The van der Waals surface area contributed by atoms with E-state index < -0.39 is 0 Å². The van der Waals surface area contributed by atoms with Crippen LogP contribution in [0, 0.1) is 0 Å². The highest BCUT2D eigenvalue weighted by molar-refractivity contribution is 8.00. The van der Waals surface area contributed by atoms with Crippen molar-refractivity contribution in [2.24, 2.45) is 0 Å². The summed E-state index contributed by atoms with van der Waals surface area (Å²) in [5.74, 6) is 1.07. The number of fused-ring (bicyclic) bond motifs is 1. The molecule has 0 amide bonds. The molecule has 3 rings (SSSR count). The average Bonchev–Trinajstić information content (AvgIpc) is 2.89. The molecule has 0 spiro atoms. The minimum absolute atomic E-state index is 0.241. The van der Waals surface area contributed by atoms with Crippen molar-refractivity contribution in [2.75, 3.05) is 5.75 Å². The van der Waals surface area contributed by atoms with E-state index in [9.17, 15) is 4.79 Å². The molecule has 0 saturated heterocycles. The Hall–Kier alpha value is -0.420. The lowest BCUT2D eigenvalue weighted by molar-refractivity contribution is 0.320. The van der Waals surface area contributed by atoms with Gasteiger partial charge in [-0.1, -0.05) is 51.3 Å². The Morgan fingerprint density at radius 1 is 1.32 bits per heavy atom. The second-order valence-corrected chi connectivity index (χ2v) is 8.98. The molecule has 1 aliphatic heterocycles. The predicted octanol–water partition coefficient (Wildman–Crippen LogP) is 4.68. The molecule has 0 radical (unpaired) electrons. The third kappa shape index (κ3) is 3.40. The Labute approximate surface area is 141 Å². The number of rotatable bonds is 5. The first-order chi connectivity index (χ1) is 10.7. The molecule has 22 heavy (non-hydrogen) atoms. The number of unbranched alkanes of at least 4 members (excludes halogenated alkanes) is 1. The van der Waals surface area contributed by atoms with Crippen LogP contribution in [0.25, 0.3) is 0 Å². The van der Waals surface area contributed by atoms with Crippen LogP contribution in [0.5, 0.6) is 0 Å². The molecule has 1 aromatic rings. The zero-order valence-electron chi connectivity index (χ0n) is 13.6. The van der Waals surface area contributed by atoms with E-state index in [1.165, 1.54) is 32.1 Å². The molecule has 1 atom stereocenters. The van der Waals surface area contributed by atoms with Gasteiger partial charge < -0.3 is 0 Å². The molecule has 1 fully saturated rings. The third-order valence-electron chi connectivity index (χ3n) is 4.58. The fraction of sp³-hybridized carbons (Fsp3) is 0.765.